The molecule has 6 nitrogen and oxygen atoms in total. The molecule has 0 bridgehead atoms. The average molecular weight is 393 g/mol. The summed E-state index contributed by atoms with van der Waals surface area (Å²) < 4.78 is 12.3. The molecule has 0 atom stereocenters. The molecule has 0 saturated carbocycles. The lowest BCUT2D eigenvalue weighted by molar-refractivity contribution is -0.727. The van der Waals surface area contributed by atoms with E-state index < -0.39 is 12.1 Å². The van der Waals surface area contributed by atoms with Gasteiger partial charge in [-0.15, -0.1) is 0 Å². The normalized spacial score (nSPS) is 10.4. The topological polar surface area (TPSA) is 82.5 Å². The molecule has 2 N–H and O–H groups in total. The van der Waals surface area contributed by atoms with E-state index in [1.54, 1.807) is 22.9 Å². The van der Waals surface area contributed by atoms with Crippen molar-refractivity contribution >= 4 is 12.1 Å². The molecule has 0 radical (unpaired) electrons. The van der Waals surface area contributed by atoms with E-state index in [1.807, 2.05) is 45.9 Å². The van der Waals surface area contributed by atoms with Gasteiger partial charge in [-0.05, 0) is 29.0 Å². The lowest BCUT2D eigenvalue weighted by atomic mass is 9.94. The third-order valence-corrected chi connectivity index (χ3v) is 3.98. The van der Waals surface area contributed by atoms with Crippen LogP contribution in [-0.4, -0.2) is 12.1 Å². The number of halogens is 1. The summed E-state index contributed by atoms with van der Waals surface area (Å²) in [6.07, 6.45) is 2.38. The van der Waals surface area contributed by atoms with Crippen LogP contribution in [0, 0.1) is 0 Å². The van der Waals surface area contributed by atoms with Crippen LogP contribution in [0.4, 0.5) is 4.79 Å². The molecule has 2 aromatic rings. The summed E-state index contributed by atoms with van der Waals surface area (Å²) in [6, 6.07) is 9.10. The lowest BCUT2D eigenvalue weighted by Crippen LogP contribution is -3.00. The van der Waals surface area contributed by atoms with Gasteiger partial charge in [-0.1, -0.05) is 45.9 Å². The molecule has 1 amide bonds. The van der Waals surface area contributed by atoms with E-state index in [2.05, 4.69) is 0 Å². The van der Waals surface area contributed by atoms with Crippen LogP contribution in [-0.2, 0) is 11.5 Å². The summed E-state index contributed by atoms with van der Waals surface area (Å²) in [5, 5.41) is 0. The Labute approximate surface area is 165 Å². The van der Waals surface area contributed by atoms with E-state index in [0.717, 1.165) is 11.1 Å². The summed E-state index contributed by atoms with van der Waals surface area (Å²) in [4.78, 5) is 23.4. The van der Waals surface area contributed by atoms with Crippen molar-refractivity contribution in [2.45, 2.75) is 46.3 Å². The van der Waals surface area contributed by atoms with Gasteiger partial charge in [-0.3, -0.25) is 4.79 Å². The van der Waals surface area contributed by atoms with Gasteiger partial charge in [0.15, 0.2) is 12.4 Å². The van der Waals surface area contributed by atoms with Crippen molar-refractivity contribution in [3.8, 4) is 5.75 Å². The number of carbonyl (C=O) groups is 2. The third-order valence-electron chi connectivity index (χ3n) is 3.98. The number of carbonyl (C=O) groups excluding carboxylic acids is 2. The standard InChI is InChI=1S/C20H24N2O4.ClH/c1-13(2)16-8-5-9-17(14(3)4)18(16)26-20(24)25-12-22-10-6-7-15(11-22)19(21)23;/h5-11,13-14H,12H2,1-4H3,(H-,21,23);1H. The number of primary amides is 1. The van der Waals surface area contributed by atoms with Crippen LogP contribution in [0.3, 0.4) is 0 Å². The van der Waals surface area contributed by atoms with Gasteiger partial charge in [-0.2, -0.15) is 4.57 Å². The molecule has 146 valence electrons. The first kappa shape index (κ1) is 22.4. The van der Waals surface area contributed by atoms with E-state index in [1.165, 1.54) is 6.20 Å². The Morgan fingerprint density at radius 2 is 1.63 bits per heavy atom. The van der Waals surface area contributed by atoms with E-state index in [9.17, 15) is 9.59 Å². The summed E-state index contributed by atoms with van der Waals surface area (Å²) in [5.74, 6) is 0.420. The van der Waals surface area contributed by atoms with Gasteiger partial charge in [0.25, 0.3) is 12.6 Å². The van der Waals surface area contributed by atoms with Crippen molar-refractivity contribution in [2.24, 2.45) is 5.73 Å². The van der Waals surface area contributed by atoms with Crippen molar-refractivity contribution < 1.29 is 36.0 Å². The molecule has 2 rings (SSSR count). The Hall–Kier alpha value is -2.60. The highest BCUT2D eigenvalue weighted by atomic mass is 35.5. The van der Waals surface area contributed by atoms with Crippen molar-refractivity contribution in [1.29, 1.82) is 0 Å². The number of amides is 1. The molecule has 0 spiro atoms. The summed E-state index contributed by atoms with van der Waals surface area (Å²) in [6.45, 7) is 8.10. The van der Waals surface area contributed by atoms with Gasteiger partial charge in [0.05, 0.1) is 0 Å². The van der Waals surface area contributed by atoms with Crippen LogP contribution in [0.15, 0.2) is 42.7 Å². The summed E-state index contributed by atoms with van der Waals surface area (Å²) >= 11 is 0. The molecule has 0 unspecified atom stereocenters. The second kappa shape index (κ2) is 9.92. The average Bonchev–Trinajstić information content (AvgIpc) is 2.60. The quantitative estimate of drug-likeness (QED) is 0.441. The van der Waals surface area contributed by atoms with Crippen molar-refractivity contribution in [3.05, 3.63) is 59.4 Å². The van der Waals surface area contributed by atoms with Crippen molar-refractivity contribution in [2.75, 3.05) is 0 Å². The van der Waals surface area contributed by atoms with E-state index in [-0.39, 0.29) is 31.0 Å². The number of aromatic nitrogens is 1. The number of para-hydroxylation sites is 1. The van der Waals surface area contributed by atoms with Crippen LogP contribution in [0.25, 0.3) is 0 Å². The van der Waals surface area contributed by atoms with Crippen LogP contribution in [0.1, 0.15) is 61.0 Å². The fraction of sp³-hybridized carbons (Fsp3) is 0.350. The molecule has 0 aliphatic rings. The number of nitrogens with zero attached hydrogens (tertiary/aromatic N) is 1. The smallest absolute Gasteiger partial charge is 0.518 e. The maximum atomic E-state index is 12.2. The summed E-state index contributed by atoms with van der Waals surface area (Å²) in [5.41, 5.74) is 7.49. The van der Waals surface area contributed by atoms with E-state index in [4.69, 9.17) is 15.2 Å². The summed E-state index contributed by atoms with van der Waals surface area (Å²) in [7, 11) is 0. The fourth-order valence-corrected chi connectivity index (χ4v) is 2.59. The Morgan fingerprint density at radius 1 is 1.04 bits per heavy atom. The van der Waals surface area contributed by atoms with E-state index in [0.29, 0.717) is 11.3 Å². The molecular weight excluding hydrogens is 368 g/mol. The Kier molecular flexibility index (Phi) is 8.25. The molecule has 1 heterocycles. The van der Waals surface area contributed by atoms with Gasteiger partial charge in [-0.25, -0.2) is 4.79 Å². The highest BCUT2D eigenvalue weighted by Crippen LogP contribution is 2.34. The molecule has 7 heteroatoms. The zero-order valence-electron chi connectivity index (χ0n) is 15.9. The SMILES string of the molecule is CC(C)c1cccc(C(C)C)c1OC(=O)OC[n+]1cccc(C(N)=O)c1.[Cl-]. The molecule has 0 saturated heterocycles. The van der Waals surface area contributed by atoms with Crippen molar-refractivity contribution in [3.63, 3.8) is 0 Å². The molecular formula is C20H25ClN2O4. The van der Waals surface area contributed by atoms with Crippen LogP contribution in [0.5, 0.6) is 5.75 Å². The maximum absolute atomic E-state index is 12.2. The molecule has 0 fully saturated rings. The Bertz CT molecular complexity index is 780. The minimum atomic E-state index is -0.794. The van der Waals surface area contributed by atoms with Gasteiger partial charge in [0.1, 0.15) is 11.3 Å². The maximum Gasteiger partial charge on any atom is 0.518 e. The Balaban J connectivity index is 0.00000364. The zero-order valence-corrected chi connectivity index (χ0v) is 16.7. The van der Waals surface area contributed by atoms with Crippen LogP contribution >= 0.6 is 0 Å². The second-order valence-corrected chi connectivity index (χ2v) is 6.67. The van der Waals surface area contributed by atoms with Gasteiger partial charge < -0.3 is 27.6 Å². The molecule has 0 aliphatic heterocycles. The van der Waals surface area contributed by atoms with Crippen molar-refractivity contribution in [1.82, 2.24) is 0 Å². The van der Waals surface area contributed by atoms with Gasteiger partial charge >= 0.3 is 6.16 Å². The highest BCUT2D eigenvalue weighted by Gasteiger charge is 2.19. The number of hydrogen-bond acceptors (Lipinski definition) is 4. The number of ether oxygens (including phenoxy) is 2. The predicted octanol–water partition coefficient (Wildman–Crippen LogP) is 0.497. The van der Waals surface area contributed by atoms with E-state index >= 15 is 0 Å². The molecule has 0 aliphatic carbocycles. The van der Waals surface area contributed by atoms with Gasteiger partial charge in [0, 0.05) is 6.07 Å². The first-order chi connectivity index (χ1) is 12.3. The number of nitrogens with two attached hydrogens (primary N) is 1. The Morgan fingerprint density at radius 3 is 2.15 bits per heavy atom. The largest absolute Gasteiger partial charge is 1.00 e. The highest BCUT2D eigenvalue weighted by molar-refractivity contribution is 5.92. The predicted molar refractivity (Wildman–Crippen MR) is 96.9 cm³/mol. The number of benzene rings is 1. The lowest BCUT2D eigenvalue weighted by Gasteiger charge is -2.18. The molecule has 27 heavy (non-hydrogen) atoms. The number of hydrogen-bond donors (Lipinski definition) is 1. The first-order valence-corrected chi connectivity index (χ1v) is 8.56. The molecule has 1 aromatic carbocycles. The minimum Gasteiger partial charge on any atom is -1.00 e. The van der Waals surface area contributed by atoms with Gasteiger partial charge in [0.2, 0.25) is 0 Å². The number of rotatable bonds is 6. The monoisotopic (exact) mass is 392 g/mol. The zero-order chi connectivity index (χ0) is 19.3. The number of pyridine rings is 1. The van der Waals surface area contributed by atoms with Crippen LogP contribution in [0.2, 0.25) is 0 Å². The first-order valence-electron chi connectivity index (χ1n) is 8.56. The minimum absolute atomic E-state index is 0. The third kappa shape index (κ3) is 5.96. The fourth-order valence-electron chi connectivity index (χ4n) is 2.59. The molecule has 1 aromatic heterocycles. The van der Waals surface area contributed by atoms with Crippen LogP contribution < -0.4 is 27.4 Å². The second-order valence-electron chi connectivity index (χ2n) is 6.67.